The van der Waals surface area contributed by atoms with Gasteiger partial charge in [0.1, 0.15) is 5.52 Å². The van der Waals surface area contributed by atoms with Crippen LogP contribution >= 0.6 is 12.2 Å². The maximum atomic E-state index is 12.9. The highest BCUT2D eigenvalue weighted by Crippen LogP contribution is 2.36. The van der Waals surface area contributed by atoms with E-state index in [4.69, 9.17) is 12.2 Å². The topological polar surface area (TPSA) is 65.6 Å². The Kier molecular flexibility index (Phi) is 4.88. The fourth-order valence-electron chi connectivity index (χ4n) is 3.85. The molecule has 28 heavy (non-hydrogen) atoms. The maximum absolute atomic E-state index is 12.9. The molecule has 0 amide bonds. The summed E-state index contributed by atoms with van der Waals surface area (Å²) in [5.74, 6) is -1.30. The Labute approximate surface area is 163 Å². The predicted molar refractivity (Wildman–Crippen MR) is 103 cm³/mol. The van der Waals surface area contributed by atoms with Crippen LogP contribution in [0.4, 0.5) is 13.2 Å². The number of benzene rings is 1. The second-order valence-electron chi connectivity index (χ2n) is 7.06. The quantitative estimate of drug-likeness (QED) is 0.573. The summed E-state index contributed by atoms with van der Waals surface area (Å²) in [6, 6.07) is 9.30. The van der Waals surface area contributed by atoms with Crippen LogP contribution in [0.1, 0.15) is 30.0 Å². The molecule has 0 saturated carbocycles. The number of hydrogen-bond donors (Lipinski definition) is 3. The zero-order valence-electron chi connectivity index (χ0n) is 14.8. The minimum atomic E-state index is -4.17. The van der Waals surface area contributed by atoms with Gasteiger partial charge in [0.2, 0.25) is 0 Å². The van der Waals surface area contributed by atoms with Crippen molar-refractivity contribution in [3.63, 3.8) is 0 Å². The third-order valence-corrected chi connectivity index (χ3v) is 5.67. The van der Waals surface area contributed by atoms with Crippen LogP contribution in [0, 0.1) is 10.7 Å². The Balaban J connectivity index is 1.65. The minimum Gasteiger partial charge on any atom is -0.355 e. The lowest BCUT2D eigenvalue weighted by Gasteiger charge is -2.32. The summed E-state index contributed by atoms with van der Waals surface area (Å²) >= 11 is 5.34. The van der Waals surface area contributed by atoms with E-state index in [0.717, 1.165) is 11.1 Å². The third kappa shape index (κ3) is 3.51. The summed E-state index contributed by atoms with van der Waals surface area (Å²) in [6.45, 7) is 0.337. The molecule has 3 heterocycles. The maximum Gasteiger partial charge on any atom is 0.393 e. The van der Waals surface area contributed by atoms with E-state index in [-0.39, 0.29) is 24.6 Å². The summed E-state index contributed by atoms with van der Waals surface area (Å²) in [5.41, 5.74) is 2.77. The first-order valence-electron chi connectivity index (χ1n) is 9.02. The SMILES string of the molecule is O=c1[nH]c(=S)n(Cc2ccccc2C2CCC(C(F)(F)F)CN2)c2cc[nH]c12. The van der Waals surface area contributed by atoms with Gasteiger partial charge in [-0.15, -0.1) is 0 Å². The summed E-state index contributed by atoms with van der Waals surface area (Å²) in [5, 5.41) is 3.05. The predicted octanol–water partition coefficient (Wildman–Crippen LogP) is 4.04. The molecule has 0 aliphatic carbocycles. The van der Waals surface area contributed by atoms with Crippen LogP contribution in [-0.4, -0.2) is 27.3 Å². The highest BCUT2D eigenvalue weighted by molar-refractivity contribution is 7.71. The number of hydrogen-bond acceptors (Lipinski definition) is 3. The average molecular weight is 408 g/mol. The van der Waals surface area contributed by atoms with Crippen molar-refractivity contribution in [1.29, 1.82) is 0 Å². The second kappa shape index (κ2) is 7.21. The molecular weight excluding hydrogens is 389 g/mol. The third-order valence-electron chi connectivity index (χ3n) is 5.34. The minimum absolute atomic E-state index is 0.0807. The zero-order valence-corrected chi connectivity index (χ0v) is 15.7. The van der Waals surface area contributed by atoms with Gasteiger partial charge >= 0.3 is 6.18 Å². The number of nitrogens with one attached hydrogen (secondary N) is 3. The van der Waals surface area contributed by atoms with Crippen molar-refractivity contribution in [3.05, 3.63) is 62.8 Å². The molecule has 1 aromatic carbocycles. The van der Waals surface area contributed by atoms with Gasteiger partial charge in [-0.25, -0.2) is 0 Å². The Morgan fingerprint density at radius 1 is 1.18 bits per heavy atom. The molecule has 2 atom stereocenters. The average Bonchev–Trinajstić information content (AvgIpc) is 3.15. The molecule has 3 N–H and O–H groups in total. The molecule has 0 spiro atoms. The molecule has 1 saturated heterocycles. The molecule has 4 rings (SSSR count). The molecule has 3 aromatic rings. The molecule has 2 unspecified atom stereocenters. The van der Waals surface area contributed by atoms with E-state index in [1.807, 2.05) is 28.8 Å². The van der Waals surface area contributed by atoms with Crippen LogP contribution in [-0.2, 0) is 6.54 Å². The molecule has 1 fully saturated rings. The number of fused-ring (bicyclic) bond motifs is 1. The van der Waals surface area contributed by atoms with Crippen LogP contribution in [0.15, 0.2) is 41.3 Å². The van der Waals surface area contributed by atoms with E-state index in [1.54, 1.807) is 12.3 Å². The Bertz CT molecular complexity index is 1110. The van der Waals surface area contributed by atoms with E-state index in [9.17, 15) is 18.0 Å². The Morgan fingerprint density at radius 2 is 1.96 bits per heavy atom. The van der Waals surface area contributed by atoms with E-state index < -0.39 is 12.1 Å². The van der Waals surface area contributed by atoms with Crippen LogP contribution in [0.25, 0.3) is 11.0 Å². The number of aromatic nitrogens is 3. The van der Waals surface area contributed by atoms with Gasteiger partial charge in [0.25, 0.3) is 5.56 Å². The number of aromatic amines is 2. The number of rotatable bonds is 3. The molecule has 0 radical (unpaired) electrons. The first-order chi connectivity index (χ1) is 13.3. The summed E-state index contributed by atoms with van der Waals surface area (Å²) in [6.07, 6.45) is -1.97. The van der Waals surface area contributed by atoms with Crippen molar-refractivity contribution in [2.24, 2.45) is 5.92 Å². The molecule has 2 aromatic heterocycles. The molecule has 1 aliphatic heterocycles. The number of nitrogens with zero attached hydrogens (tertiary/aromatic N) is 1. The fraction of sp³-hybridized carbons (Fsp3) is 0.368. The van der Waals surface area contributed by atoms with Crippen LogP contribution in [0.2, 0.25) is 0 Å². The molecule has 9 heteroatoms. The lowest BCUT2D eigenvalue weighted by molar-refractivity contribution is -0.179. The van der Waals surface area contributed by atoms with Crippen molar-refractivity contribution in [3.8, 4) is 0 Å². The largest absolute Gasteiger partial charge is 0.393 e. The first-order valence-corrected chi connectivity index (χ1v) is 9.43. The highest BCUT2D eigenvalue weighted by Gasteiger charge is 2.41. The normalized spacial score (nSPS) is 20.5. The van der Waals surface area contributed by atoms with E-state index in [1.165, 1.54) is 0 Å². The monoisotopic (exact) mass is 408 g/mol. The fourth-order valence-corrected chi connectivity index (χ4v) is 4.11. The summed E-state index contributed by atoms with van der Waals surface area (Å²) < 4.78 is 41.0. The van der Waals surface area contributed by atoms with Crippen molar-refractivity contribution in [2.45, 2.75) is 31.6 Å². The van der Waals surface area contributed by atoms with Crippen LogP contribution < -0.4 is 10.9 Å². The standard InChI is InChI=1S/C19H19F3N4OS/c20-19(21,22)12-5-6-14(24-9-12)13-4-2-1-3-11(13)10-26-15-7-8-23-16(15)17(27)25-18(26)28/h1-4,7-8,12,14,23-24H,5-6,9-10H2,(H,25,27,28). The number of piperidine rings is 1. The van der Waals surface area contributed by atoms with Crippen LogP contribution in [0.3, 0.4) is 0 Å². The van der Waals surface area contributed by atoms with Gasteiger partial charge in [-0.1, -0.05) is 24.3 Å². The van der Waals surface area contributed by atoms with Crippen molar-refractivity contribution in [2.75, 3.05) is 6.54 Å². The van der Waals surface area contributed by atoms with Gasteiger partial charge in [0, 0.05) is 18.8 Å². The van der Waals surface area contributed by atoms with E-state index >= 15 is 0 Å². The summed E-state index contributed by atoms with van der Waals surface area (Å²) in [7, 11) is 0. The molecular formula is C19H19F3N4OS. The van der Waals surface area contributed by atoms with Gasteiger partial charge in [0.05, 0.1) is 18.0 Å². The van der Waals surface area contributed by atoms with E-state index in [0.29, 0.717) is 28.8 Å². The molecule has 1 aliphatic rings. The van der Waals surface area contributed by atoms with E-state index in [2.05, 4.69) is 15.3 Å². The van der Waals surface area contributed by atoms with Gasteiger partial charge in [-0.2, -0.15) is 13.2 Å². The number of halogens is 3. The van der Waals surface area contributed by atoms with Gasteiger partial charge in [-0.3, -0.25) is 9.78 Å². The van der Waals surface area contributed by atoms with Crippen molar-refractivity contribution < 1.29 is 13.2 Å². The smallest absolute Gasteiger partial charge is 0.355 e. The van der Waals surface area contributed by atoms with Crippen LogP contribution in [0.5, 0.6) is 0 Å². The van der Waals surface area contributed by atoms with Crippen molar-refractivity contribution in [1.82, 2.24) is 19.9 Å². The summed E-state index contributed by atoms with van der Waals surface area (Å²) in [4.78, 5) is 17.6. The van der Waals surface area contributed by atoms with Gasteiger partial charge in [0.15, 0.2) is 4.77 Å². The molecule has 0 bridgehead atoms. The molecule has 5 nitrogen and oxygen atoms in total. The highest BCUT2D eigenvalue weighted by atomic mass is 32.1. The second-order valence-corrected chi connectivity index (χ2v) is 7.45. The van der Waals surface area contributed by atoms with Gasteiger partial charge < -0.3 is 14.9 Å². The Morgan fingerprint density at radius 3 is 2.68 bits per heavy atom. The Hall–Kier alpha value is -2.39. The molecule has 148 valence electrons. The zero-order chi connectivity index (χ0) is 19.9. The first kappa shape index (κ1) is 18.9. The van der Waals surface area contributed by atoms with Gasteiger partial charge in [-0.05, 0) is 42.3 Å². The number of alkyl halides is 3. The lowest BCUT2D eigenvalue weighted by atomic mass is 9.88. The lowest BCUT2D eigenvalue weighted by Crippen LogP contribution is -2.40. The number of H-pyrrole nitrogens is 2. The van der Waals surface area contributed by atoms with Crippen molar-refractivity contribution >= 4 is 23.3 Å².